The summed E-state index contributed by atoms with van der Waals surface area (Å²) >= 11 is 0. The van der Waals surface area contributed by atoms with E-state index in [1.165, 1.54) is 17.7 Å². The summed E-state index contributed by atoms with van der Waals surface area (Å²) in [7, 11) is -3.49. The van der Waals surface area contributed by atoms with Gasteiger partial charge in [0.1, 0.15) is 5.75 Å². The highest BCUT2D eigenvalue weighted by Crippen LogP contribution is 2.25. The Hall–Kier alpha value is -2.38. The summed E-state index contributed by atoms with van der Waals surface area (Å²) in [5.74, 6) is 1.17. The van der Waals surface area contributed by atoms with Gasteiger partial charge >= 0.3 is 0 Å². The summed E-state index contributed by atoms with van der Waals surface area (Å²) in [5, 5.41) is 2.79. The van der Waals surface area contributed by atoms with Crippen LogP contribution in [0.2, 0.25) is 0 Å². The van der Waals surface area contributed by atoms with Gasteiger partial charge in [0.15, 0.2) is 6.61 Å². The van der Waals surface area contributed by atoms with Crippen LogP contribution in [0.3, 0.4) is 0 Å². The molecular formula is C23H30N2O4S. The van der Waals surface area contributed by atoms with Gasteiger partial charge in [-0.05, 0) is 66.6 Å². The largest absolute Gasteiger partial charge is 0.484 e. The molecule has 3 rings (SSSR count). The number of benzene rings is 2. The van der Waals surface area contributed by atoms with Crippen LogP contribution >= 0.6 is 0 Å². The van der Waals surface area contributed by atoms with Crippen LogP contribution in [-0.2, 0) is 14.8 Å². The second kappa shape index (κ2) is 9.62. The Morgan fingerprint density at radius 1 is 1.07 bits per heavy atom. The molecule has 2 aromatic rings. The number of nitrogens with one attached hydrogen (secondary N) is 1. The number of nitrogens with zero attached hydrogens (tertiary/aromatic N) is 1. The van der Waals surface area contributed by atoms with Crippen molar-refractivity contribution in [1.29, 1.82) is 0 Å². The molecule has 2 aromatic carbocycles. The lowest BCUT2D eigenvalue weighted by molar-refractivity contribution is -0.118. The SMILES string of the molecule is CC1CCN(S(=O)(=O)c2ccc(OCC(=O)Nc3ccc(C(C)C)cc3)cc2)CC1. The highest BCUT2D eigenvalue weighted by molar-refractivity contribution is 7.89. The number of hydrogen-bond acceptors (Lipinski definition) is 4. The third-order valence-corrected chi connectivity index (χ3v) is 7.35. The topological polar surface area (TPSA) is 75.7 Å². The third-order valence-electron chi connectivity index (χ3n) is 5.44. The number of ether oxygens (including phenoxy) is 1. The summed E-state index contributed by atoms with van der Waals surface area (Å²) in [6, 6.07) is 14.0. The van der Waals surface area contributed by atoms with Crippen molar-refractivity contribution in [3.05, 3.63) is 54.1 Å². The summed E-state index contributed by atoms with van der Waals surface area (Å²) in [5.41, 5.74) is 1.92. The summed E-state index contributed by atoms with van der Waals surface area (Å²) < 4.78 is 32.6. The van der Waals surface area contributed by atoms with E-state index >= 15 is 0 Å². The number of amides is 1. The van der Waals surface area contributed by atoms with Crippen LogP contribution in [-0.4, -0.2) is 38.3 Å². The van der Waals surface area contributed by atoms with Gasteiger partial charge in [-0.25, -0.2) is 8.42 Å². The van der Waals surface area contributed by atoms with Gasteiger partial charge in [0.25, 0.3) is 5.91 Å². The van der Waals surface area contributed by atoms with Crippen molar-refractivity contribution in [2.75, 3.05) is 25.0 Å². The van der Waals surface area contributed by atoms with Crippen molar-refractivity contribution < 1.29 is 17.9 Å². The van der Waals surface area contributed by atoms with Gasteiger partial charge in [-0.2, -0.15) is 4.31 Å². The Kier molecular flexibility index (Phi) is 7.15. The molecule has 0 bridgehead atoms. The Labute approximate surface area is 179 Å². The molecule has 0 atom stereocenters. The molecule has 0 saturated carbocycles. The molecular weight excluding hydrogens is 400 g/mol. The van der Waals surface area contributed by atoms with E-state index < -0.39 is 10.0 Å². The zero-order valence-corrected chi connectivity index (χ0v) is 18.6. The first kappa shape index (κ1) is 22.3. The minimum absolute atomic E-state index is 0.151. The second-order valence-corrected chi connectivity index (χ2v) is 10.1. The number of sulfonamides is 1. The number of rotatable bonds is 7. The Balaban J connectivity index is 1.53. The van der Waals surface area contributed by atoms with E-state index in [2.05, 4.69) is 26.1 Å². The van der Waals surface area contributed by atoms with Crippen molar-refractivity contribution in [2.45, 2.75) is 44.4 Å². The molecule has 0 aromatic heterocycles. The van der Waals surface area contributed by atoms with Gasteiger partial charge in [0.05, 0.1) is 4.90 Å². The normalized spacial score (nSPS) is 15.9. The first-order chi connectivity index (χ1) is 14.3. The molecule has 30 heavy (non-hydrogen) atoms. The molecule has 0 aliphatic carbocycles. The summed E-state index contributed by atoms with van der Waals surface area (Å²) in [4.78, 5) is 12.4. The van der Waals surface area contributed by atoms with E-state index in [0.29, 0.717) is 36.4 Å². The first-order valence-corrected chi connectivity index (χ1v) is 11.8. The van der Waals surface area contributed by atoms with Crippen LogP contribution in [0.5, 0.6) is 5.75 Å². The number of piperidine rings is 1. The molecule has 6 nitrogen and oxygen atoms in total. The smallest absolute Gasteiger partial charge is 0.262 e. The van der Waals surface area contributed by atoms with Crippen LogP contribution in [0.25, 0.3) is 0 Å². The van der Waals surface area contributed by atoms with Crippen LogP contribution in [0.1, 0.15) is 45.1 Å². The van der Waals surface area contributed by atoms with Crippen LogP contribution < -0.4 is 10.1 Å². The fourth-order valence-corrected chi connectivity index (χ4v) is 4.85. The fourth-order valence-electron chi connectivity index (χ4n) is 3.38. The predicted octanol–water partition coefficient (Wildman–Crippen LogP) is 4.25. The lowest BCUT2D eigenvalue weighted by atomic mass is 10.0. The highest BCUT2D eigenvalue weighted by atomic mass is 32.2. The maximum absolute atomic E-state index is 12.8. The van der Waals surface area contributed by atoms with Gasteiger partial charge in [-0.3, -0.25) is 4.79 Å². The second-order valence-electron chi connectivity index (χ2n) is 8.17. The number of anilines is 1. The molecule has 1 N–H and O–H groups in total. The van der Waals surface area contributed by atoms with E-state index in [-0.39, 0.29) is 17.4 Å². The summed E-state index contributed by atoms with van der Waals surface area (Å²) in [6.45, 7) is 7.34. The third kappa shape index (κ3) is 5.61. The van der Waals surface area contributed by atoms with Gasteiger partial charge < -0.3 is 10.1 Å². The zero-order valence-electron chi connectivity index (χ0n) is 17.8. The van der Waals surface area contributed by atoms with Crippen molar-refractivity contribution in [3.63, 3.8) is 0 Å². The van der Waals surface area contributed by atoms with Crippen LogP contribution in [0, 0.1) is 5.92 Å². The average Bonchev–Trinajstić information content (AvgIpc) is 2.73. The summed E-state index contributed by atoms with van der Waals surface area (Å²) in [6.07, 6.45) is 1.77. The average molecular weight is 431 g/mol. The van der Waals surface area contributed by atoms with E-state index in [0.717, 1.165) is 12.8 Å². The molecule has 0 unspecified atom stereocenters. The quantitative estimate of drug-likeness (QED) is 0.713. The molecule has 1 fully saturated rings. The van der Waals surface area contributed by atoms with E-state index in [9.17, 15) is 13.2 Å². The number of hydrogen-bond donors (Lipinski definition) is 1. The highest BCUT2D eigenvalue weighted by Gasteiger charge is 2.27. The standard InChI is InChI=1S/C23H30N2O4S/c1-17(2)19-4-6-20(7-5-19)24-23(26)16-29-21-8-10-22(11-9-21)30(27,28)25-14-12-18(3)13-15-25/h4-11,17-18H,12-16H2,1-3H3,(H,24,26). The van der Waals surface area contributed by atoms with Crippen molar-refractivity contribution >= 4 is 21.6 Å². The van der Waals surface area contributed by atoms with Crippen molar-refractivity contribution in [3.8, 4) is 5.75 Å². The Morgan fingerprint density at radius 2 is 1.67 bits per heavy atom. The first-order valence-electron chi connectivity index (χ1n) is 10.4. The predicted molar refractivity (Wildman–Crippen MR) is 118 cm³/mol. The van der Waals surface area contributed by atoms with Gasteiger partial charge in [-0.15, -0.1) is 0 Å². The van der Waals surface area contributed by atoms with Gasteiger partial charge in [0.2, 0.25) is 10.0 Å². The van der Waals surface area contributed by atoms with Gasteiger partial charge in [-0.1, -0.05) is 32.9 Å². The molecule has 1 amide bonds. The van der Waals surface area contributed by atoms with Gasteiger partial charge in [0, 0.05) is 18.8 Å². The Morgan fingerprint density at radius 3 is 2.23 bits per heavy atom. The molecule has 0 radical (unpaired) electrons. The van der Waals surface area contributed by atoms with Crippen LogP contribution in [0.4, 0.5) is 5.69 Å². The number of carbonyl (C=O) groups excluding carboxylic acids is 1. The molecule has 1 aliphatic rings. The minimum atomic E-state index is -3.49. The fraction of sp³-hybridized carbons (Fsp3) is 0.435. The molecule has 1 aliphatic heterocycles. The molecule has 1 heterocycles. The van der Waals surface area contributed by atoms with E-state index in [1.807, 2.05) is 24.3 Å². The van der Waals surface area contributed by atoms with E-state index in [4.69, 9.17) is 4.74 Å². The maximum Gasteiger partial charge on any atom is 0.262 e. The Bertz CT molecular complexity index is 946. The maximum atomic E-state index is 12.8. The molecule has 1 saturated heterocycles. The molecule has 162 valence electrons. The van der Waals surface area contributed by atoms with E-state index in [1.54, 1.807) is 16.4 Å². The number of carbonyl (C=O) groups is 1. The lowest BCUT2D eigenvalue weighted by Gasteiger charge is -2.29. The lowest BCUT2D eigenvalue weighted by Crippen LogP contribution is -2.37. The monoisotopic (exact) mass is 430 g/mol. The minimum Gasteiger partial charge on any atom is -0.484 e. The van der Waals surface area contributed by atoms with Crippen molar-refractivity contribution in [2.24, 2.45) is 5.92 Å². The molecule has 7 heteroatoms. The van der Waals surface area contributed by atoms with Crippen molar-refractivity contribution in [1.82, 2.24) is 4.31 Å². The molecule has 0 spiro atoms. The zero-order chi connectivity index (χ0) is 21.7. The van der Waals surface area contributed by atoms with Crippen LogP contribution in [0.15, 0.2) is 53.4 Å².